The van der Waals surface area contributed by atoms with Crippen molar-refractivity contribution in [3.63, 3.8) is 0 Å². The number of hydrogen-bond donors (Lipinski definition) is 1. The Hall–Kier alpha value is -0.820. The standard InChI is InChI=1S/C18H29N/c1-3-16-12-8-9-13-18(16)19-17(4-2)14-15-10-6-5-7-11-15/h5-7,10-11,16-19H,3-4,8-9,12-14H2,1-2H3. The highest BCUT2D eigenvalue weighted by molar-refractivity contribution is 5.15. The van der Waals surface area contributed by atoms with Crippen LogP contribution >= 0.6 is 0 Å². The van der Waals surface area contributed by atoms with Crippen LogP contribution in [-0.2, 0) is 6.42 Å². The third kappa shape index (κ3) is 4.35. The van der Waals surface area contributed by atoms with E-state index in [1.807, 2.05) is 0 Å². The Kier molecular flexibility index (Phi) is 5.91. The van der Waals surface area contributed by atoms with Crippen molar-refractivity contribution in [2.24, 2.45) is 5.92 Å². The highest BCUT2D eigenvalue weighted by atomic mass is 15.0. The Morgan fingerprint density at radius 1 is 1.11 bits per heavy atom. The maximum atomic E-state index is 3.96. The lowest BCUT2D eigenvalue weighted by Crippen LogP contribution is -2.44. The minimum absolute atomic E-state index is 0.638. The lowest BCUT2D eigenvalue weighted by atomic mass is 9.82. The first-order valence-electron chi connectivity index (χ1n) is 8.13. The molecule has 0 heterocycles. The van der Waals surface area contributed by atoms with E-state index < -0.39 is 0 Å². The molecule has 1 aromatic carbocycles. The van der Waals surface area contributed by atoms with Gasteiger partial charge in [-0.3, -0.25) is 0 Å². The molecule has 19 heavy (non-hydrogen) atoms. The Bertz CT molecular complexity index is 346. The van der Waals surface area contributed by atoms with Gasteiger partial charge < -0.3 is 5.32 Å². The molecule has 0 aromatic heterocycles. The summed E-state index contributed by atoms with van der Waals surface area (Å²) >= 11 is 0. The molecule has 0 spiro atoms. The monoisotopic (exact) mass is 259 g/mol. The predicted octanol–water partition coefficient (Wildman–Crippen LogP) is 4.57. The molecule has 0 amide bonds. The molecule has 0 bridgehead atoms. The lowest BCUT2D eigenvalue weighted by molar-refractivity contribution is 0.233. The van der Waals surface area contributed by atoms with Gasteiger partial charge in [-0.05, 0) is 37.2 Å². The highest BCUT2D eigenvalue weighted by Crippen LogP contribution is 2.27. The summed E-state index contributed by atoms with van der Waals surface area (Å²) in [6.45, 7) is 4.66. The summed E-state index contributed by atoms with van der Waals surface area (Å²) in [5, 5.41) is 3.96. The number of benzene rings is 1. The van der Waals surface area contributed by atoms with Gasteiger partial charge in [0.25, 0.3) is 0 Å². The van der Waals surface area contributed by atoms with Gasteiger partial charge >= 0.3 is 0 Å². The van der Waals surface area contributed by atoms with Crippen molar-refractivity contribution in [2.75, 3.05) is 0 Å². The quantitative estimate of drug-likeness (QED) is 0.789. The third-order valence-electron chi connectivity index (χ3n) is 4.70. The topological polar surface area (TPSA) is 12.0 Å². The van der Waals surface area contributed by atoms with Gasteiger partial charge in [0.15, 0.2) is 0 Å². The highest BCUT2D eigenvalue weighted by Gasteiger charge is 2.25. The summed E-state index contributed by atoms with van der Waals surface area (Å²) in [5.74, 6) is 0.901. The van der Waals surface area contributed by atoms with E-state index >= 15 is 0 Å². The molecular weight excluding hydrogens is 230 g/mol. The van der Waals surface area contributed by atoms with Gasteiger partial charge in [0.2, 0.25) is 0 Å². The van der Waals surface area contributed by atoms with E-state index in [1.165, 1.54) is 50.5 Å². The SMILES string of the molecule is CCC(Cc1ccccc1)NC1CCCCC1CC. The molecule has 106 valence electrons. The van der Waals surface area contributed by atoms with Gasteiger partial charge in [0, 0.05) is 12.1 Å². The van der Waals surface area contributed by atoms with E-state index in [2.05, 4.69) is 49.5 Å². The summed E-state index contributed by atoms with van der Waals surface area (Å²) < 4.78 is 0. The molecule has 1 aromatic rings. The number of hydrogen-bond acceptors (Lipinski definition) is 1. The molecule has 3 atom stereocenters. The van der Waals surface area contributed by atoms with Crippen molar-refractivity contribution in [1.29, 1.82) is 0 Å². The first-order chi connectivity index (χ1) is 9.33. The lowest BCUT2D eigenvalue weighted by Gasteiger charge is -2.34. The van der Waals surface area contributed by atoms with Crippen LogP contribution in [-0.4, -0.2) is 12.1 Å². The van der Waals surface area contributed by atoms with Gasteiger partial charge in [-0.2, -0.15) is 0 Å². The average Bonchev–Trinajstić information content (AvgIpc) is 2.48. The molecule has 2 rings (SSSR count). The fourth-order valence-corrected chi connectivity index (χ4v) is 3.44. The summed E-state index contributed by atoms with van der Waals surface area (Å²) in [5.41, 5.74) is 1.46. The smallest absolute Gasteiger partial charge is 0.0108 e. The van der Waals surface area contributed by atoms with Crippen molar-refractivity contribution in [3.8, 4) is 0 Å². The minimum Gasteiger partial charge on any atom is -0.311 e. The fourth-order valence-electron chi connectivity index (χ4n) is 3.44. The molecule has 3 unspecified atom stereocenters. The maximum Gasteiger partial charge on any atom is 0.0108 e. The zero-order valence-electron chi connectivity index (χ0n) is 12.6. The van der Waals surface area contributed by atoms with Crippen LogP contribution in [0.15, 0.2) is 30.3 Å². The van der Waals surface area contributed by atoms with E-state index in [1.54, 1.807) is 0 Å². The van der Waals surface area contributed by atoms with Gasteiger partial charge in [-0.1, -0.05) is 63.4 Å². The van der Waals surface area contributed by atoms with E-state index in [0.717, 1.165) is 12.0 Å². The van der Waals surface area contributed by atoms with E-state index in [-0.39, 0.29) is 0 Å². The molecule has 1 aliphatic carbocycles. The van der Waals surface area contributed by atoms with Crippen LogP contribution in [0.3, 0.4) is 0 Å². The second kappa shape index (κ2) is 7.69. The Morgan fingerprint density at radius 3 is 2.53 bits per heavy atom. The average molecular weight is 259 g/mol. The molecule has 0 aliphatic heterocycles. The van der Waals surface area contributed by atoms with Gasteiger partial charge in [0.1, 0.15) is 0 Å². The number of rotatable bonds is 6. The second-order valence-corrected chi connectivity index (χ2v) is 6.02. The largest absolute Gasteiger partial charge is 0.311 e. The van der Waals surface area contributed by atoms with Crippen LogP contribution in [0.25, 0.3) is 0 Å². The second-order valence-electron chi connectivity index (χ2n) is 6.02. The van der Waals surface area contributed by atoms with Crippen LogP contribution in [0.2, 0.25) is 0 Å². The molecule has 1 aliphatic rings. The molecule has 1 N–H and O–H groups in total. The van der Waals surface area contributed by atoms with Crippen molar-refractivity contribution < 1.29 is 0 Å². The first-order valence-corrected chi connectivity index (χ1v) is 8.13. The van der Waals surface area contributed by atoms with Crippen LogP contribution in [0, 0.1) is 5.92 Å². The maximum absolute atomic E-state index is 3.96. The van der Waals surface area contributed by atoms with Crippen LogP contribution in [0.1, 0.15) is 57.9 Å². The number of nitrogens with one attached hydrogen (secondary N) is 1. The predicted molar refractivity (Wildman–Crippen MR) is 83.4 cm³/mol. The normalized spacial score (nSPS) is 25.2. The molecular formula is C18H29N. The van der Waals surface area contributed by atoms with Gasteiger partial charge in [-0.15, -0.1) is 0 Å². The summed E-state index contributed by atoms with van der Waals surface area (Å²) in [4.78, 5) is 0. The third-order valence-corrected chi connectivity index (χ3v) is 4.70. The van der Waals surface area contributed by atoms with E-state index in [0.29, 0.717) is 6.04 Å². The molecule has 0 radical (unpaired) electrons. The Labute approximate surface area is 118 Å². The molecule has 1 heteroatoms. The van der Waals surface area contributed by atoms with Gasteiger partial charge in [0.05, 0.1) is 0 Å². The fraction of sp³-hybridized carbons (Fsp3) is 0.667. The molecule has 1 fully saturated rings. The minimum atomic E-state index is 0.638. The van der Waals surface area contributed by atoms with Crippen LogP contribution < -0.4 is 5.32 Å². The van der Waals surface area contributed by atoms with Crippen LogP contribution in [0.4, 0.5) is 0 Å². The van der Waals surface area contributed by atoms with Gasteiger partial charge in [-0.25, -0.2) is 0 Å². The van der Waals surface area contributed by atoms with Crippen molar-refractivity contribution in [1.82, 2.24) is 5.32 Å². The molecule has 0 saturated heterocycles. The van der Waals surface area contributed by atoms with Crippen molar-refractivity contribution in [2.45, 2.75) is 70.9 Å². The molecule has 1 nitrogen and oxygen atoms in total. The summed E-state index contributed by atoms with van der Waals surface area (Å²) in [6, 6.07) is 12.3. The Balaban J connectivity index is 1.90. The zero-order valence-corrected chi connectivity index (χ0v) is 12.6. The van der Waals surface area contributed by atoms with E-state index in [9.17, 15) is 0 Å². The first kappa shape index (κ1) is 14.6. The molecule has 1 saturated carbocycles. The van der Waals surface area contributed by atoms with E-state index in [4.69, 9.17) is 0 Å². The van der Waals surface area contributed by atoms with Crippen molar-refractivity contribution in [3.05, 3.63) is 35.9 Å². The Morgan fingerprint density at radius 2 is 1.84 bits per heavy atom. The summed E-state index contributed by atoms with van der Waals surface area (Å²) in [6.07, 6.45) is 9.38. The van der Waals surface area contributed by atoms with Crippen LogP contribution in [0.5, 0.6) is 0 Å². The summed E-state index contributed by atoms with van der Waals surface area (Å²) in [7, 11) is 0. The van der Waals surface area contributed by atoms with Crippen molar-refractivity contribution >= 4 is 0 Å². The zero-order chi connectivity index (χ0) is 13.5.